The number of aliphatic hydroxyl groups excluding tert-OH is 2. The van der Waals surface area contributed by atoms with Crippen LogP contribution in [0.2, 0.25) is 0 Å². The summed E-state index contributed by atoms with van der Waals surface area (Å²) in [4.78, 5) is 11.1. The zero-order valence-corrected chi connectivity index (χ0v) is 17.9. The first-order valence-electron chi connectivity index (χ1n) is 11.7. The van der Waals surface area contributed by atoms with E-state index in [1.165, 1.54) is 25.7 Å². The zero-order valence-electron chi connectivity index (χ0n) is 17.9. The summed E-state index contributed by atoms with van der Waals surface area (Å²) in [5.74, 6) is 2.36. The van der Waals surface area contributed by atoms with Crippen LogP contribution >= 0.6 is 0 Å². The molecule has 0 heterocycles. The number of hydrogen-bond donors (Lipinski definition) is 3. The van der Waals surface area contributed by atoms with E-state index < -0.39 is 5.97 Å². The van der Waals surface area contributed by atoms with Crippen molar-refractivity contribution in [3.05, 3.63) is 0 Å². The molecule has 0 radical (unpaired) electrons. The van der Waals surface area contributed by atoms with E-state index in [0.717, 1.165) is 32.1 Å². The molecule has 4 saturated carbocycles. The molecule has 0 aromatic heterocycles. The molecule has 4 nitrogen and oxygen atoms in total. The molecule has 0 spiro atoms. The van der Waals surface area contributed by atoms with Crippen LogP contribution in [0.3, 0.4) is 0 Å². The number of carboxylic acids is 1. The van der Waals surface area contributed by atoms with Gasteiger partial charge in [0.25, 0.3) is 0 Å². The molecular weight excluding hydrogens is 352 g/mol. The highest BCUT2D eigenvalue weighted by Gasteiger charge is 2.62. The van der Waals surface area contributed by atoms with Crippen molar-refractivity contribution in [1.29, 1.82) is 0 Å². The second kappa shape index (κ2) is 7.27. The Morgan fingerprint density at radius 3 is 2.39 bits per heavy atom. The van der Waals surface area contributed by atoms with Gasteiger partial charge in [0.1, 0.15) is 0 Å². The fourth-order valence-corrected chi connectivity index (χ4v) is 8.73. The number of carboxylic acid groups (broad SMARTS) is 1. The van der Waals surface area contributed by atoms with Crippen LogP contribution in [0.1, 0.15) is 85.0 Å². The Labute approximate surface area is 170 Å². The Kier molecular flexibility index (Phi) is 5.36. The normalized spacial score (nSPS) is 51.7. The van der Waals surface area contributed by atoms with E-state index in [9.17, 15) is 15.0 Å². The van der Waals surface area contributed by atoms with Crippen LogP contribution < -0.4 is 0 Å². The van der Waals surface area contributed by atoms with E-state index in [4.69, 9.17) is 5.11 Å². The molecule has 5 unspecified atom stereocenters. The van der Waals surface area contributed by atoms with Gasteiger partial charge in [-0.2, -0.15) is 0 Å². The van der Waals surface area contributed by atoms with Gasteiger partial charge in [-0.05, 0) is 104 Å². The first-order valence-corrected chi connectivity index (χ1v) is 11.7. The van der Waals surface area contributed by atoms with Gasteiger partial charge in [0, 0.05) is 6.42 Å². The minimum atomic E-state index is -0.684. The fraction of sp³-hybridized carbons (Fsp3) is 0.958. The highest BCUT2D eigenvalue weighted by Crippen LogP contribution is 2.68. The predicted molar refractivity (Wildman–Crippen MR) is 109 cm³/mol. The van der Waals surface area contributed by atoms with Crippen molar-refractivity contribution in [2.75, 3.05) is 0 Å². The van der Waals surface area contributed by atoms with E-state index in [1.807, 2.05) is 0 Å². The monoisotopic (exact) mass is 392 g/mol. The number of carbonyl (C=O) groups is 1. The van der Waals surface area contributed by atoms with Crippen molar-refractivity contribution < 1.29 is 20.1 Å². The van der Waals surface area contributed by atoms with E-state index in [-0.39, 0.29) is 29.5 Å². The van der Waals surface area contributed by atoms with Gasteiger partial charge in [-0.3, -0.25) is 4.79 Å². The molecule has 4 aliphatic rings. The highest BCUT2D eigenvalue weighted by atomic mass is 16.4. The summed E-state index contributed by atoms with van der Waals surface area (Å²) in [7, 11) is 0. The lowest BCUT2D eigenvalue weighted by Crippen LogP contribution is -2.58. The molecule has 0 amide bonds. The minimum Gasteiger partial charge on any atom is -0.481 e. The Balaban J connectivity index is 1.55. The van der Waals surface area contributed by atoms with E-state index in [2.05, 4.69) is 20.8 Å². The van der Waals surface area contributed by atoms with Crippen molar-refractivity contribution >= 4 is 5.97 Å². The molecule has 10 atom stereocenters. The van der Waals surface area contributed by atoms with Gasteiger partial charge in [0.05, 0.1) is 12.2 Å². The molecule has 0 saturated heterocycles. The SMILES string of the molecule is C[C@H](CCC(=O)O)[C@H]1CCC2C3C(O)C[C@@H]4C[C@H](O)CC[C@]4(C)C3CCC21C. The molecule has 28 heavy (non-hydrogen) atoms. The van der Waals surface area contributed by atoms with Gasteiger partial charge in [0.15, 0.2) is 0 Å². The van der Waals surface area contributed by atoms with Crippen molar-refractivity contribution in [2.45, 2.75) is 97.2 Å². The molecule has 4 rings (SSSR count). The van der Waals surface area contributed by atoms with E-state index in [0.29, 0.717) is 35.5 Å². The molecule has 0 aliphatic heterocycles. The summed E-state index contributed by atoms with van der Waals surface area (Å²) in [6, 6.07) is 0. The standard InChI is InChI=1S/C24H40O4/c1-14(4-7-21(27)28)17-5-6-18-22-19(9-11-24(17,18)3)23(2)10-8-16(25)12-15(23)13-20(22)26/h14-20,22,25-26H,4-13H2,1-3H3,(H,27,28)/t14-,15+,16-,17-,18?,19?,20?,22?,23+,24?/m1/s1. The third kappa shape index (κ3) is 3.14. The van der Waals surface area contributed by atoms with Crippen LogP contribution in [0, 0.1) is 46.3 Å². The highest BCUT2D eigenvalue weighted by molar-refractivity contribution is 5.66. The Morgan fingerprint density at radius 2 is 1.68 bits per heavy atom. The Morgan fingerprint density at radius 1 is 1.00 bits per heavy atom. The summed E-state index contributed by atoms with van der Waals surface area (Å²) in [5, 5.41) is 30.5. The van der Waals surface area contributed by atoms with Crippen LogP contribution in [-0.4, -0.2) is 33.5 Å². The maximum Gasteiger partial charge on any atom is 0.303 e. The third-order valence-corrected chi connectivity index (χ3v) is 10.2. The van der Waals surface area contributed by atoms with Gasteiger partial charge in [-0.15, -0.1) is 0 Å². The number of aliphatic carboxylic acids is 1. The smallest absolute Gasteiger partial charge is 0.303 e. The first-order chi connectivity index (χ1) is 13.2. The van der Waals surface area contributed by atoms with Gasteiger partial charge in [0.2, 0.25) is 0 Å². The average molecular weight is 393 g/mol. The van der Waals surface area contributed by atoms with Crippen LogP contribution in [-0.2, 0) is 4.79 Å². The van der Waals surface area contributed by atoms with Gasteiger partial charge in [-0.25, -0.2) is 0 Å². The zero-order chi connectivity index (χ0) is 20.3. The van der Waals surface area contributed by atoms with Crippen molar-refractivity contribution in [2.24, 2.45) is 46.3 Å². The maximum atomic E-state index is 11.2. The van der Waals surface area contributed by atoms with Crippen LogP contribution in [0.15, 0.2) is 0 Å². The lowest BCUT2D eigenvalue weighted by atomic mass is 9.43. The van der Waals surface area contributed by atoms with E-state index >= 15 is 0 Å². The number of aliphatic hydroxyl groups is 2. The number of rotatable bonds is 4. The van der Waals surface area contributed by atoms with Gasteiger partial charge in [-0.1, -0.05) is 20.8 Å². The summed E-state index contributed by atoms with van der Waals surface area (Å²) >= 11 is 0. The van der Waals surface area contributed by atoms with Gasteiger partial charge >= 0.3 is 5.97 Å². The molecule has 3 N–H and O–H groups in total. The van der Waals surface area contributed by atoms with Gasteiger partial charge < -0.3 is 15.3 Å². The molecule has 0 aromatic rings. The van der Waals surface area contributed by atoms with Crippen molar-refractivity contribution in [3.8, 4) is 0 Å². The second-order valence-electron chi connectivity index (χ2n) is 11.4. The topological polar surface area (TPSA) is 77.8 Å². The molecule has 0 bridgehead atoms. The number of hydrogen-bond acceptors (Lipinski definition) is 3. The summed E-state index contributed by atoms with van der Waals surface area (Å²) < 4.78 is 0. The lowest BCUT2D eigenvalue weighted by molar-refractivity contribution is -0.174. The summed E-state index contributed by atoms with van der Waals surface area (Å²) in [6.45, 7) is 7.16. The third-order valence-electron chi connectivity index (χ3n) is 10.2. The van der Waals surface area contributed by atoms with E-state index in [1.54, 1.807) is 0 Å². The fourth-order valence-electron chi connectivity index (χ4n) is 8.73. The number of fused-ring (bicyclic) bond motifs is 5. The predicted octanol–water partition coefficient (Wildman–Crippen LogP) is 4.48. The Hall–Kier alpha value is -0.610. The quantitative estimate of drug-likeness (QED) is 0.659. The van der Waals surface area contributed by atoms with Crippen LogP contribution in [0.4, 0.5) is 0 Å². The molecule has 4 aliphatic carbocycles. The van der Waals surface area contributed by atoms with Crippen LogP contribution in [0.25, 0.3) is 0 Å². The molecule has 4 fully saturated rings. The lowest BCUT2D eigenvalue weighted by Gasteiger charge is -2.62. The van der Waals surface area contributed by atoms with Crippen molar-refractivity contribution in [3.63, 3.8) is 0 Å². The van der Waals surface area contributed by atoms with Crippen LogP contribution in [0.5, 0.6) is 0 Å². The molecule has 160 valence electrons. The summed E-state index contributed by atoms with van der Waals surface area (Å²) in [6.07, 6.45) is 9.19. The first kappa shape index (κ1) is 20.7. The Bertz CT molecular complexity index is 605. The largest absolute Gasteiger partial charge is 0.481 e. The summed E-state index contributed by atoms with van der Waals surface area (Å²) in [5.41, 5.74) is 0.523. The van der Waals surface area contributed by atoms with Crippen molar-refractivity contribution in [1.82, 2.24) is 0 Å². The molecule has 4 heteroatoms. The average Bonchev–Trinajstić information content (AvgIpc) is 2.98. The molecule has 0 aromatic carbocycles. The minimum absolute atomic E-state index is 0.179. The molecular formula is C24H40O4. The second-order valence-corrected chi connectivity index (χ2v) is 11.4. The maximum absolute atomic E-state index is 11.2.